The molecule has 1 saturated carbocycles. The molecule has 1 spiro atoms. The van der Waals surface area contributed by atoms with Crippen molar-refractivity contribution in [3.8, 4) is 0 Å². The van der Waals surface area contributed by atoms with Crippen molar-refractivity contribution in [3.05, 3.63) is 23.5 Å². The Kier molecular flexibility index (Phi) is 2.90. The number of nitrogens with zero attached hydrogens (tertiary/aromatic N) is 2. The maximum absolute atomic E-state index is 12.1. The van der Waals surface area contributed by atoms with Gasteiger partial charge in [0.1, 0.15) is 5.15 Å². The minimum Gasteiger partial charge on any atom is -0.330 e. The normalized spacial score (nSPS) is 22.3. The molecule has 1 aliphatic heterocycles. The standard InChI is InChI=1S/C13H16ClN3O/c14-11-5-4-10(8-15-11)17-9-13(16-12(17)18)6-2-1-3-7-13/h4-5,8H,1-3,6-7,9H2,(H,16,18). The fourth-order valence-electron chi connectivity index (χ4n) is 2.96. The molecule has 2 fully saturated rings. The van der Waals surface area contributed by atoms with Crippen LogP contribution < -0.4 is 10.2 Å². The predicted octanol–water partition coefficient (Wildman–Crippen LogP) is 2.97. The molecule has 1 N–H and O–H groups in total. The zero-order valence-corrected chi connectivity index (χ0v) is 10.9. The molecule has 1 aromatic rings. The molecule has 4 nitrogen and oxygen atoms in total. The highest BCUT2D eigenvalue weighted by molar-refractivity contribution is 6.29. The number of amides is 2. The van der Waals surface area contributed by atoms with Crippen LogP contribution in [0.4, 0.5) is 10.5 Å². The van der Waals surface area contributed by atoms with Crippen molar-refractivity contribution in [1.29, 1.82) is 0 Å². The summed E-state index contributed by atoms with van der Waals surface area (Å²) in [5.41, 5.74) is 0.800. The number of urea groups is 1. The molecule has 2 aliphatic rings. The molecule has 96 valence electrons. The maximum Gasteiger partial charge on any atom is 0.322 e. The van der Waals surface area contributed by atoms with Gasteiger partial charge in [-0.3, -0.25) is 4.90 Å². The molecule has 0 bridgehead atoms. The number of carbonyl (C=O) groups excluding carboxylic acids is 1. The number of nitrogens with one attached hydrogen (secondary N) is 1. The van der Waals surface area contributed by atoms with Crippen LogP contribution in [0.25, 0.3) is 0 Å². The van der Waals surface area contributed by atoms with Crippen LogP contribution in [0.1, 0.15) is 32.1 Å². The summed E-state index contributed by atoms with van der Waals surface area (Å²) in [6.45, 7) is 0.745. The van der Waals surface area contributed by atoms with E-state index in [0.717, 1.165) is 25.1 Å². The topological polar surface area (TPSA) is 45.2 Å². The first-order valence-corrected chi connectivity index (χ1v) is 6.78. The van der Waals surface area contributed by atoms with Crippen LogP contribution in [0, 0.1) is 0 Å². The Morgan fingerprint density at radius 2 is 2.06 bits per heavy atom. The van der Waals surface area contributed by atoms with Gasteiger partial charge in [-0.25, -0.2) is 9.78 Å². The van der Waals surface area contributed by atoms with Crippen LogP contribution in [0.2, 0.25) is 5.15 Å². The number of anilines is 1. The van der Waals surface area contributed by atoms with E-state index >= 15 is 0 Å². The fraction of sp³-hybridized carbons (Fsp3) is 0.538. The van der Waals surface area contributed by atoms with Crippen LogP contribution in [0.3, 0.4) is 0 Å². The van der Waals surface area contributed by atoms with Crippen molar-refractivity contribution in [2.75, 3.05) is 11.4 Å². The van der Waals surface area contributed by atoms with Gasteiger partial charge in [-0.05, 0) is 25.0 Å². The molecule has 0 radical (unpaired) electrons. The second-order valence-corrected chi connectivity index (χ2v) is 5.58. The Morgan fingerprint density at radius 1 is 1.28 bits per heavy atom. The van der Waals surface area contributed by atoms with E-state index < -0.39 is 0 Å². The molecule has 0 atom stereocenters. The van der Waals surface area contributed by atoms with E-state index in [1.165, 1.54) is 19.3 Å². The monoisotopic (exact) mass is 265 g/mol. The van der Waals surface area contributed by atoms with Crippen molar-refractivity contribution in [2.24, 2.45) is 0 Å². The number of aromatic nitrogens is 1. The Labute approximate surface area is 111 Å². The SMILES string of the molecule is O=C1NC2(CCCCC2)CN1c1ccc(Cl)nc1. The van der Waals surface area contributed by atoms with Crippen LogP contribution in [0.15, 0.2) is 18.3 Å². The van der Waals surface area contributed by atoms with Gasteiger partial charge in [-0.2, -0.15) is 0 Å². The summed E-state index contributed by atoms with van der Waals surface area (Å²) in [6.07, 6.45) is 7.50. The van der Waals surface area contributed by atoms with Gasteiger partial charge in [-0.1, -0.05) is 30.9 Å². The third-order valence-electron chi connectivity index (χ3n) is 3.91. The minimum atomic E-state index is -0.0189. The summed E-state index contributed by atoms with van der Waals surface area (Å²) in [7, 11) is 0. The van der Waals surface area contributed by atoms with Crippen molar-refractivity contribution in [2.45, 2.75) is 37.6 Å². The van der Waals surface area contributed by atoms with Gasteiger partial charge < -0.3 is 5.32 Å². The molecule has 1 aliphatic carbocycles. The zero-order chi connectivity index (χ0) is 12.6. The fourth-order valence-corrected chi connectivity index (χ4v) is 3.07. The highest BCUT2D eigenvalue weighted by Gasteiger charge is 2.43. The molecule has 18 heavy (non-hydrogen) atoms. The third-order valence-corrected chi connectivity index (χ3v) is 4.14. The highest BCUT2D eigenvalue weighted by Crippen LogP contribution is 2.34. The molecule has 0 aromatic carbocycles. The van der Waals surface area contributed by atoms with E-state index in [-0.39, 0.29) is 11.6 Å². The molecule has 2 amide bonds. The third kappa shape index (κ3) is 2.05. The number of pyridine rings is 1. The van der Waals surface area contributed by atoms with Crippen molar-refractivity contribution in [3.63, 3.8) is 0 Å². The van der Waals surface area contributed by atoms with E-state index in [0.29, 0.717) is 5.15 Å². The van der Waals surface area contributed by atoms with Gasteiger partial charge in [0.05, 0.1) is 24.0 Å². The molecular weight excluding hydrogens is 250 g/mol. The Morgan fingerprint density at radius 3 is 2.72 bits per heavy atom. The Bertz CT molecular complexity index is 454. The molecule has 0 unspecified atom stereocenters. The van der Waals surface area contributed by atoms with Crippen molar-refractivity contribution >= 4 is 23.3 Å². The smallest absolute Gasteiger partial charge is 0.322 e. The van der Waals surface area contributed by atoms with Gasteiger partial charge in [0, 0.05) is 0 Å². The lowest BCUT2D eigenvalue weighted by Gasteiger charge is -2.32. The van der Waals surface area contributed by atoms with Crippen LogP contribution in [0.5, 0.6) is 0 Å². The van der Waals surface area contributed by atoms with Crippen molar-refractivity contribution in [1.82, 2.24) is 10.3 Å². The number of hydrogen-bond donors (Lipinski definition) is 1. The second kappa shape index (κ2) is 4.43. The Balaban J connectivity index is 1.82. The predicted molar refractivity (Wildman–Crippen MR) is 70.9 cm³/mol. The second-order valence-electron chi connectivity index (χ2n) is 5.20. The highest BCUT2D eigenvalue weighted by atomic mass is 35.5. The van der Waals surface area contributed by atoms with E-state index in [2.05, 4.69) is 10.3 Å². The number of rotatable bonds is 1. The number of carbonyl (C=O) groups is 1. The summed E-state index contributed by atoms with van der Waals surface area (Å²) in [4.78, 5) is 17.9. The lowest BCUT2D eigenvalue weighted by atomic mass is 9.82. The molecular formula is C13H16ClN3O. The summed E-state index contributed by atoms with van der Waals surface area (Å²) >= 11 is 5.77. The maximum atomic E-state index is 12.1. The van der Waals surface area contributed by atoms with Crippen LogP contribution >= 0.6 is 11.6 Å². The largest absolute Gasteiger partial charge is 0.330 e. The van der Waals surface area contributed by atoms with E-state index in [1.54, 1.807) is 17.2 Å². The first-order chi connectivity index (χ1) is 8.69. The molecule has 2 heterocycles. The molecule has 5 heteroatoms. The summed E-state index contributed by atoms with van der Waals surface area (Å²) in [5.74, 6) is 0. The first kappa shape index (κ1) is 11.8. The van der Waals surface area contributed by atoms with Gasteiger partial charge in [0.15, 0.2) is 0 Å². The van der Waals surface area contributed by atoms with Crippen LogP contribution in [-0.4, -0.2) is 23.1 Å². The first-order valence-electron chi connectivity index (χ1n) is 6.40. The summed E-state index contributed by atoms with van der Waals surface area (Å²) in [6, 6.07) is 3.55. The lowest BCUT2D eigenvalue weighted by molar-refractivity contribution is 0.237. The van der Waals surface area contributed by atoms with E-state index in [9.17, 15) is 4.79 Å². The molecule has 1 saturated heterocycles. The number of hydrogen-bond acceptors (Lipinski definition) is 2. The average molecular weight is 266 g/mol. The summed E-state index contributed by atoms with van der Waals surface area (Å²) in [5, 5.41) is 3.61. The summed E-state index contributed by atoms with van der Waals surface area (Å²) < 4.78 is 0. The lowest BCUT2D eigenvalue weighted by Crippen LogP contribution is -2.44. The Hall–Kier alpha value is -1.29. The zero-order valence-electron chi connectivity index (χ0n) is 10.2. The van der Waals surface area contributed by atoms with Crippen LogP contribution in [-0.2, 0) is 0 Å². The van der Waals surface area contributed by atoms with E-state index in [4.69, 9.17) is 11.6 Å². The van der Waals surface area contributed by atoms with Crippen molar-refractivity contribution < 1.29 is 4.79 Å². The van der Waals surface area contributed by atoms with Gasteiger partial charge >= 0.3 is 6.03 Å². The average Bonchev–Trinajstić information content (AvgIpc) is 2.68. The van der Waals surface area contributed by atoms with E-state index in [1.807, 2.05) is 6.07 Å². The molecule has 3 rings (SSSR count). The van der Waals surface area contributed by atoms with Gasteiger partial charge in [0.2, 0.25) is 0 Å². The molecule has 1 aromatic heterocycles. The minimum absolute atomic E-state index is 0.0129. The number of halogens is 1. The quantitative estimate of drug-likeness (QED) is 0.794. The van der Waals surface area contributed by atoms with Gasteiger partial charge in [-0.15, -0.1) is 0 Å². The van der Waals surface area contributed by atoms with Gasteiger partial charge in [0.25, 0.3) is 0 Å².